The number of benzene rings is 1. The molecule has 1 aromatic carbocycles. The number of piperazine rings is 1. The van der Waals surface area contributed by atoms with Crippen LogP contribution in [0.3, 0.4) is 0 Å². The highest BCUT2D eigenvalue weighted by Gasteiger charge is 2.40. The topological polar surface area (TPSA) is 41.6 Å². The predicted molar refractivity (Wildman–Crippen MR) is 77.9 cm³/mol. The molecule has 0 spiro atoms. The second-order valence-corrected chi connectivity index (χ2v) is 5.63. The lowest BCUT2D eigenvalue weighted by Crippen LogP contribution is -2.48. The van der Waals surface area contributed by atoms with E-state index in [4.69, 9.17) is 4.74 Å². The minimum Gasteiger partial charge on any atom is -0.496 e. The van der Waals surface area contributed by atoms with Crippen molar-refractivity contribution in [3.63, 3.8) is 0 Å². The highest BCUT2D eigenvalue weighted by molar-refractivity contribution is 5.85. The summed E-state index contributed by atoms with van der Waals surface area (Å²) < 4.78 is 5.46. The molecule has 1 saturated heterocycles. The van der Waals surface area contributed by atoms with E-state index in [9.17, 15) is 4.79 Å². The predicted octanol–water partition coefficient (Wildman–Crippen LogP) is 1.62. The first kappa shape index (κ1) is 13.4. The molecule has 0 bridgehead atoms. The Morgan fingerprint density at radius 1 is 1.30 bits per heavy atom. The molecule has 0 radical (unpaired) electrons. The average molecular weight is 274 g/mol. The number of nitrogens with zero attached hydrogens (tertiary/aromatic N) is 1. The third kappa shape index (κ3) is 2.66. The molecule has 2 fully saturated rings. The first-order valence-corrected chi connectivity index (χ1v) is 7.43. The Balaban J connectivity index is 1.86. The van der Waals surface area contributed by atoms with Gasteiger partial charge in [-0.15, -0.1) is 0 Å². The zero-order valence-electron chi connectivity index (χ0n) is 12.0. The van der Waals surface area contributed by atoms with Crippen molar-refractivity contribution in [2.45, 2.75) is 18.8 Å². The Bertz CT molecular complexity index is 479. The number of methoxy groups -OCH3 is 1. The Kier molecular flexibility index (Phi) is 3.92. The minimum absolute atomic E-state index is 0.0238. The van der Waals surface area contributed by atoms with Crippen molar-refractivity contribution < 1.29 is 9.53 Å². The number of para-hydroxylation sites is 1. The lowest BCUT2D eigenvalue weighted by atomic mass is 9.91. The summed E-state index contributed by atoms with van der Waals surface area (Å²) >= 11 is 0. The molecule has 2 aliphatic rings. The maximum Gasteiger partial charge on any atom is 0.230 e. The van der Waals surface area contributed by atoms with Crippen molar-refractivity contribution in [1.29, 1.82) is 0 Å². The molecule has 1 heterocycles. The number of amides is 1. The summed E-state index contributed by atoms with van der Waals surface area (Å²) in [7, 11) is 1.68. The second kappa shape index (κ2) is 5.83. The smallest absolute Gasteiger partial charge is 0.230 e. The van der Waals surface area contributed by atoms with E-state index in [1.807, 2.05) is 29.2 Å². The van der Waals surface area contributed by atoms with E-state index in [1.54, 1.807) is 7.11 Å². The fraction of sp³-hybridized carbons (Fsp3) is 0.562. The summed E-state index contributed by atoms with van der Waals surface area (Å²) in [5, 5.41) is 3.30. The summed E-state index contributed by atoms with van der Waals surface area (Å²) in [5.41, 5.74) is 1.06. The molecule has 1 unspecified atom stereocenters. The van der Waals surface area contributed by atoms with Gasteiger partial charge in [0.25, 0.3) is 0 Å². The molecular formula is C16H22N2O2. The van der Waals surface area contributed by atoms with Crippen LogP contribution in [0.25, 0.3) is 0 Å². The Labute approximate surface area is 120 Å². The number of nitrogens with one attached hydrogen (secondary N) is 1. The van der Waals surface area contributed by atoms with E-state index in [0.29, 0.717) is 5.92 Å². The normalized spacial score (nSPS) is 20.6. The van der Waals surface area contributed by atoms with E-state index in [2.05, 4.69) is 5.32 Å². The molecule has 1 saturated carbocycles. The molecular weight excluding hydrogens is 252 g/mol. The number of hydrogen-bond acceptors (Lipinski definition) is 3. The van der Waals surface area contributed by atoms with Gasteiger partial charge in [-0.1, -0.05) is 18.2 Å². The highest BCUT2D eigenvalue weighted by atomic mass is 16.5. The van der Waals surface area contributed by atoms with E-state index in [0.717, 1.165) is 50.3 Å². The van der Waals surface area contributed by atoms with Crippen LogP contribution in [-0.2, 0) is 4.79 Å². The molecule has 108 valence electrons. The van der Waals surface area contributed by atoms with Gasteiger partial charge in [0.15, 0.2) is 0 Å². The highest BCUT2D eigenvalue weighted by Crippen LogP contribution is 2.46. The Hall–Kier alpha value is -1.55. The van der Waals surface area contributed by atoms with Gasteiger partial charge in [-0.25, -0.2) is 0 Å². The summed E-state index contributed by atoms with van der Waals surface area (Å²) in [5.74, 6) is 1.59. The van der Waals surface area contributed by atoms with Crippen molar-refractivity contribution in [2.24, 2.45) is 5.92 Å². The van der Waals surface area contributed by atoms with Crippen LogP contribution in [0, 0.1) is 5.92 Å². The van der Waals surface area contributed by atoms with Crippen LogP contribution in [-0.4, -0.2) is 44.1 Å². The number of ether oxygens (including phenoxy) is 1. The maximum absolute atomic E-state index is 12.9. The van der Waals surface area contributed by atoms with Gasteiger partial charge in [0.2, 0.25) is 5.91 Å². The van der Waals surface area contributed by atoms with Gasteiger partial charge in [0.1, 0.15) is 5.75 Å². The van der Waals surface area contributed by atoms with Crippen molar-refractivity contribution in [2.75, 3.05) is 33.3 Å². The minimum atomic E-state index is -0.0238. The average Bonchev–Trinajstić information content (AvgIpc) is 3.33. The molecule has 1 aliphatic heterocycles. The van der Waals surface area contributed by atoms with Crippen LogP contribution >= 0.6 is 0 Å². The monoisotopic (exact) mass is 274 g/mol. The molecule has 1 aromatic rings. The molecule has 3 rings (SSSR count). The Morgan fingerprint density at radius 2 is 2.00 bits per heavy atom. The molecule has 4 heteroatoms. The van der Waals surface area contributed by atoms with E-state index in [1.165, 1.54) is 0 Å². The molecule has 20 heavy (non-hydrogen) atoms. The maximum atomic E-state index is 12.9. The van der Waals surface area contributed by atoms with Gasteiger partial charge in [-0.2, -0.15) is 0 Å². The summed E-state index contributed by atoms with van der Waals surface area (Å²) in [6, 6.07) is 7.96. The van der Waals surface area contributed by atoms with Crippen LogP contribution in [0.4, 0.5) is 0 Å². The number of rotatable bonds is 4. The number of hydrogen-bond donors (Lipinski definition) is 1. The summed E-state index contributed by atoms with van der Waals surface area (Å²) in [6.45, 7) is 3.43. The Morgan fingerprint density at radius 3 is 2.65 bits per heavy atom. The number of carbonyl (C=O) groups is 1. The fourth-order valence-corrected chi connectivity index (χ4v) is 3.02. The number of carbonyl (C=O) groups excluding carboxylic acids is 1. The first-order chi connectivity index (χ1) is 9.81. The van der Waals surface area contributed by atoms with Crippen LogP contribution in [0.5, 0.6) is 5.75 Å². The molecule has 1 aliphatic carbocycles. The molecule has 4 nitrogen and oxygen atoms in total. The fourth-order valence-electron chi connectivity index (χ4n) is 3.02. The van der Waals surface area contributed by atoms with Crippen LogP contribution in [0.1, 0.15) is 24.3 Å². The van der Waals surface area contributed by atoms with E-state index in [-0.39, 0.29) is 11.8 Å². The zero-order chi connectivity index (χ0) is 13.9. The van der Waals surface area contributed by atoms with Crippen molar-refractivity contribution in [3.05, 3.63) is 29.8 Å². The quantitative estimate of drug-likeness (QED) is 0.907. The van der Waals surface area contributed by atoms with E-state index < -0.39 is 0 Å². The van der Waals surface area contributed by atoms with E-state index >= 15 is 0 Å². The second-order valence-electron chi connectivity index (χ2n) is 5.63. The molecule has 1 N–H and O–H groups in total. The van der Waals surface area contributed by atoms with Gasteiger partial charge in [-0.3, -0.25) is 4.79 Å². The third-order valence-corrected chi connectivity index (χ3v) is 4.26. The zero-order valence-corrected chi connectivity index (χ0v) is 12.0. The van der Waals surface area contributed by atoms with Crippen LogP contribution < -0.4 is 10.1 Å². The van der Waals surface area contributed by atoms with Crippen molar-refractivity contribution in [1.82, 2.24) is 10.2 Å². The van der Waals surface area contributed by atoms with Crippen LogP contribution in [0.2, 0.25) is 0 Å². The third-order valence-electron chi connectivity index (χ3n) is 4.26. The van der Waals surface area contributed by atoms with Crippen LogP contribution in [0.15, 0.2) is 24.3 Å². The summed E-state index contributed by atoms with van der Waals surface area (Å²) in [6.07, 6.45) is 2.31. The van der Waals surface area contributed by atoms with Gasteiger partial charge in [0, 0.05) is 31.7 Å². The lowest BCUT2D eigenvalue weighted by molar-refractivity contribution is -0.134. The first-order valence-electron chi connectivity index (χ1n) is 7.43. The van der Waals surface area contributed by atoms with Crippen molar-refractivity contribution >= 4 is 5.91 Å². The van der Waals surface area contributed by atoms with Gasteiger partial charge in [-0.05, 0) is 24.8 Å². The molecule has 0 aromatic heterocycles. The molecule has 1 atom stereocenters. The van der Waals surface area contributed by atoms with Gasteiger partial charge >= 0.3 is 0 Å². The molecule has 1 amide bonds. The van der Waals surface area contributed by atoms with Gasteiger partial charge in [0.05, 0.1) is 13.0 Å². The van der Waals surface area contributed by atoms with Crippen molar-refractivity contribution in [3.8, 4) is 5.75 Å². The standard InChI is InChI=1S/C16H22N2O2/c1-20-14-5-3-2-4-13(14)15(12-6-7-12)16(19)18-10-8-17-9-11-18/h2-5,12,15,17H,6-11H2,1H3. The SMILES string of the molecule is COc1ccccc1C(C(=O)N1CCNCC1)C1CC1. The largest absolute Gasteiger partial charge is 0.496 e. The lowest BCUT2D eigenvalue weighted by Gasteiger charge is -2.31. The van der Waals surface area contributed by atoms with Gasteiger partial charge < -0.3 is 15.0 Å². The summed E-state index contributed by atoms with van der Waals surface area (Å²) in [4.78, 5) is 14.9.